The minimum atomic E-state index is 0.271. The average Bonchev–Trinajstić information content (AvgIpc) is 2.86. The average molecular weight is 247 g/mol. The van der Waals surface area contributed by atoms with E-state index >= 15 is 0 Å². The van der Waals surface area contributed by atoms with Crippen LogP contribution in [0, 0.1) is 5.41 Å². The lowest BCUT2D eigenvalue weighted by molar-refractivity contribution is 0.000186. The van der Waals surface area contributed by atoms with Crippen molar-refractivity contribution in [2.24, 2.45) is 5.41 Å². The topological polar surface area (TPSA) is 30.5 Å². The monoisotopic (exact) mass is 247 g/mol. The molecule has 0 aliphatic carbocycles. The first-order valence-corrected chi connectivity index (χ1v) is 6.83. The molecule has 2 aliphatic heterocycles. The van der Waals surface area contributed by atoms with Gasteiger partial charge in [-0.25, -0.2) is 0 Å². The largest absolute Gasteiger partial charge is 0.493 e. The summed E-state index contributed by atoms with van der Waals surface area (Å²) in [6.45, 7) is 5.87. The molecule has 3 nitrogen and oxygen atoms in total. The van der Waals surface area contributed by atoms with Gasteiger partial charge in [-0.05, 0) is 31.4 Å². The number of nitrogens with one attached hydrogen (secondary N) is 1. The van der Waals surface area contributed by atoms with Gasteiger partial charge in [-0.1, -0.05) is 13.0 Å². The van der Waals surface area contributed by atoms with Crippen molar-refractivity contribution in [2.75, 3.05) is 31.7 Å². The Labute approximate surface area is 108 Å². The summed E-state index contributed by atoms with van der Waals surface area (Å²) >= 11 is 0. The van der Waals surface area contributed by atoms with Gasteiger partial charge in [0.25, 0.3) is 0 Å². The summed E-state index contributed by atoms with van der Waals surface area (Å²) in [6.07, 6.45) is 3.27. The zero-order chi connectivity index (χ0) is 12.4. The van der Waals surface area contributed by atoms with Crippen LogP contribution in [0.4, 0.5) is 5.69 Å². The van der Waals surface area contributed by atoms with Crippen molar-refractivity contribution in [3.63, 3.8) is 0 Å². The minimum absolute atomic E-state index is 0.271. The third-order valence-corrected chi connectivity index (χ3v) is 4.10. The van der Waals surface area contributed by atoms with E-state index in [4.69, 9.17) is 9.47 Å². The maximum absolute atomic E-state index is 6.10. The molecule has 98 valence electrons. The van der Waals surface area contributed by atoms with E-state index in [-0.39, 0.29) is 5.41 Å². The van der Waals surface area contributed by atoms with Gasteiger partial charge >= 0.3 is 0 Å². The van der Waals surface area contributed by atoms with Gasteiger partial charge < -0.3 is 14.8 Å². The molecule has 0 atom stereocenters. The Morgan fingerprint density at radius 2 is 2.17 bits per heavy atom. The number of rotatable bonds is 3. The number of hydrogen-bond donors (Lipinski definition) is 1. The fraction of sp³-hybridized carbons (Fsp3) is 0.600. The lowest BCUT2D eigenvalue weighted by Crippen LogP contribution is -2.32. The third kappa shape index (κ3) is 2.32. The van der Waals surface area contributed by atoms with Crippen LogP contribution in [0.2, 0.25) is 0 Å². The van der Waals surface area contributed by atoms with Crippen LogP contribution in [0.25, 0.3) is 0 Å². The zero-order valence-corrected chi connectivity index (χ0v) is 11.0. The van der Waals surface area contributed by atoms with Crippen molar-refractivity contribution in [1.82, 2.24) is 0 Å². The van der Waals surface area contributed by atoms with E-state index in [1.165, 1.54) is 11.3 Å². The third-order valence-electron chi connectivity index (χ3n) is 4.10. The molecule has 1 aromatic carbocycles. The molecule has 0 unspecified atom stereocenters. The van der Waals surface area contributed by atoms with Crippen LogP contribution in [0.3, 0.4) is 0 Å². The SMILES string of the molecule is CC1(COc2cccc3c2CCN3)CCOCC1. The first-order valence-electron chi connectivity index (χ1n) is 6.83. The van der Waals surface area contributed by atoms with E-state index in [1.807, 2.05) is 0 Å². The van der Waals surface area contributed by atoms with Crippen LogP contribution in [-0.4, -0.2) is 26.4 Å². The molecule has 3 heteroatoms. The van der Waals surface area contributed by atoms with Crippen molar-refractivity contribution in [2.45, 2.75) is 26.2 Å². The van der Waals surface area contributed by atoms with E-state index in [0.717, 1.165) is 51.4 Å². The number of hydrogen-bond acceptors (Lipinski definition) is 3. The molecule has 1 fully saturated rings. The molecule has 0 saturated carbocycles. The van der Waals surface area contributed by atoms with E-state index < -0.39 is 0 Å². The highest BCUT2D eigenvalue weighted by atomic mass is 16.5. The molecule has 0 amide bonds. The fourth-order valence-corrected chi connectivity index (χ4v) is 2.71. The van der Waals surface area contributed by atoms with Gasteiger partial charge in [-0.15, -0.1) is 0 Å². The summed E-state index contributed by atoms with van der Waals surface area (Å²) in [5.41, 5.74) is 2.85. The van der Waals surface area contributed by atoms with Crippen LogP contribution in [0.15, 0.2) is 18.2 Å². The second kappa shape index (κ2) is 4.81. The Morgan fingerprint density at radius 3 is 3.00 bits per heavy atom. The molecule has 0 aromatic heterocycles. The van der Waals surface area contributed by atoms with Gasteiger partial charge in [0.1, 0.15) is 5.75 Å². The molecule has 0 bridgehead atoms. The Morgan fingerprint density at radius 1 is 1.33 bits per heavy atom. The Balaban J connectivity index is 1.68. The van der Waals surface area contributed by atoms with Gasteiger partial charge in [0.15, 0.2) is 0 Å². The second-order valence-electron chi connectivity index (χ2n) is 5.67. The van der Waals surface area contributed by atoms with Crippen molar-refractivity contribution in [3.05, 3.63) is 23.8 Å². The van der Waals surface area contributed by atoms with Crippen LogP contribution in [0.1, 0.15) is 25.3 Å². The summed E-state index contributed by atoms with van der Waals surface area (Å²) in [5, 5.41) is 3.39. The van der Waals surface area contributed by atoms with E-state index in [1.54, 1.807) is 0 Å². The van der Waals surface area contributed by atoms with Crippen molar-refractivity contribution >= 4 is 5.69 Å². The van der Waals surface area contributed by atoms with Crippen LogP contribution < -0.4 is 10.1 Å². The summed E-state index contributed by atoms with van der Waals surface area (Å²) in [5.74, 6) is 1.06. The Hall–Kier alpha value is -1.22. The van der Waals surface area contributed by atoms with Gasteiger partial charge in [-0.2, -0.15) is 0 Å². The molecule has 1 saturated heterocycles. The first kappa shape index (κ1) is 11.8. The fourth-order valence-electron chi connectivity index (χ4n) is 2.71. The number of benzene rings is 1. The van der Waals surface area contributed by atoms with E-state index in [2.05, 4.69) is 30.4 Å². The van der Waals surface area contributed by atoms with Gasteiger partial charge in [-0.3, -0.25) is 0 Å². The highest BCUT2D eigenvalue weighted by Crippen LogP contribution is 2.34. The quantitative estimate of drug-likeness (QED) is 0.891. The molecule has 3 rings (SSSR count). The summed E-state index contributed by atoms with van der Waals surface area (Å²) < 4.78 is 11.5. The predicted molar refractivity (Wildman–Crippen MR) is 72.3 cm³/mol. The van der Waals surface area contributed by atoms with Crippen LogP contribution in [-0.2, 0) is 11.2 Å². The highest BCUT2D eigenvalue weighted by Gasteiger charge is 2.28. The molecular weight excluding hydrogens is 226 g/mol. The van der Waals surface area contributed by atoms with Crippen molar-refractivity contribution in [1.29, 1.82) is 0 Å². The maximum atomic E-state index is 6.10. The van der Waals surface area contributed by atoms with E-state index in [0.29, 0.717) is 0 Å². The van der Waals surface area contributed by atoms with Crippen molar-refractivity contribution in [3.8, 4) is 5.75 Å². The summed E-state index contributed by atoms with van der Waals surface area (Å²) in [7, 11) is 0. The Kier molecular flexibility index (Phi) is 3.16. The van der Waals surface area contributed by atoms with Gasteiger partial charge in [0.2, 0.25) is 0 Å². The van der Waals surface area contributed by atoms with Gasteiger partial charge in [0, 0.05) is 36.4 Å². The second-order valence-corrected chi connectivity index (χ2v) is 5.67. The predicted octanol–water partition coefficient (Wildman–Crippen LogP) is 2.85. The lowest BCUT2D eigenvalue weighted by Gasteiger charge is -2.33. The number of fused-ring (bicyclic) bond motifs is 1. The molecule has 2 heterocycles. The zero-order valence-electron chi connectivity index (χ0n) is 11.0. The summed E-state index contributed by atoms with van der Waals surface area (Å²) in [6, 6.07) is 6.29. The number of anilines is 1. The minimum Gasteiger partial charge on any atom is -0.493 e. The lowest BCUT2D eigenvalue weighted by atomic mass is 9.83. The molecular formula is C15H21NO2. The van der Waals surface area contributed by atoms with E-state index in [9.17, 15) is 0 Å². The van der Waals surface area contributed by atoms with Crippen molar-refractivity contribution < 1.29 is 9.47 Å². The normalized spacial score (nSPS) is 21.2. The maximum Gasteiger partial charge on any atom is 0.124 e. The molecule has 1 N–H and O–H groups in total. The Bertz CT molecular complexity index is 425. The van der Waals surface area contributed by atoms with Crippen LogP contribution >= 0.6 is 0 Å². The molecule has 1 aromatic rings. The first-order chi connectivity index (χ1) is 8.77. The van der Waals surface area contributed by atoms with Gasteiger partial charge in [0.05, 0.1) is 6.61 Å². The van der Waals surface area contributed by atoms with Crippen LogP contribution in [0.5, 0.6) is 5.75 Å². The molecule has 2 aliphatic rings. The smallest absolute Gasteiger partial charge is 0.124 e. The number of ether oxygens (including phenoxy) is 2. The molecule has 0 radical (unpaired) electrons. The highest BCUT2D eigenvalue weighted by molar-refractivity contribution is 5.61. The standard InChI is InChI=1S/C15H21NO2/c1-15(6-9-17-10-7-15)11-18-14-4-2-3-13-12(14)5-8-16-13/h2-4,16H,5-11H2,1H3. The molecule has 0 spiro atoms. The summed E-state index contributed by atoms with van der Waals surface area (Å²) in [4.78, 5) is 0. The molecule has 18 heavy (non-hydrogen) atoms.